The maximum absolute atomic E-state index is 12.9. The van der Waals surface area contributed by atoms with Crippen LogP contribution < -0.4 is 9.47 Å². The summed E-state index contributed by atoms with van der Waals surface area (Å²) in [4.78, 5) is 28.7. The zero-order valence-electron chi connectivity index (χ0n) is 15.0. The van der Waals surface area contributed by atoms with Crippen LogP contribution in [0.4, 0.5) is 0 Å². The molecule has 1 aromatic carbocycles. The van der Waals surface area contributed by atoms with Gasteiger partial charge in [0, 0.05) is 44.1 Å². The van der Waals surface area contributed by atoms with E-state index in [1.165, 1.54) is 0 Å². The van der Waals surface area contributed by atoms with Gasteiger partial charge >= 0.3 is 0 Å². The molecule has 1 saturated heterocycles. The van der Waals surface area contributed by atoms with E-state index in [4.69, 9.17) is 9.47 Å². The minimum Gasteiger partial charge on any atom is -0.490 e. The molecule has 6 heteroatoms. The Bertz CT molecular complexity index is 644. The average Bonchev–Trinajstić information content (AvgIpc) is 3.00. The molecule has 0 bridgehead atoms. The molecule has 0 saturated carbocycles. The molecule has 0 aliphatic carbocycles. The van der Waals surface area contributed by atoms with Crippen molar-refractivity contribution in [3.8, 4) is 11.5 Å². The molecule has 136 valence electrons. The van der Waals surface area contributed by atoms with Crippen molar-refractivity contribution < 1.29 is 19.1 Å². The highest BCUT2D eigenvalue weighted by Crippen LogP contribution is 2.30. The molecule has 3 rings (SSSR count). The van der Waals surface area contributed by atoms with Crippen molar-refractivity contribution >= 4 is 11.8 Å². The second-order valence-corrected chi connectivity index (χ2v) is 6.84. The predicted molar refractivity (Wildman–Crippen MR) is 94.0 cm³/mol. The van der Waals surface area contributed by atoms with Crippen LogP contribution in [-0.4, -0.2) is 61.0 Å². The third-order valence-electron chi connectivity index (χ3n) is 4.58. The molecule has 2 amide bonds. The minimum atomic E-state index is -0.0190. The fraction of sp³-hybridized carbons (Fsp3) is 0.579. The Balaban J connectivity index is 1.69. The standard InChI is InChI=1S/C19H26N2O4/c1-14(2)18(22)20-7-3-8-21(10-9-20)19(23)15-5-6-16-17(13-15)25-12-4-11-24-16/h5-6,13-14H,3-4,7-12H2,1-2H3. The Morgan fingerprint density at radius 2 is 1.60 bits per heavy atom. The van der Waals surface area contributed by atoms with E-state index in [0.29, 0.717) is 56.5 Å². The Labute approximate surface area is 148 Å². The lowest BCUT2D eigenvalue weighted by Crippen LogP contribution is -2.38. The van der Waals surface area contributed by atoms with Crippen molar-refractivity contribution in [2.75, 3.05) is 39.4 Å². The van der Waals surface area contributed by atoms with Crippen LogP contribution in [0.3, 0.4) is 0 Å². The van der Waals surface area contributed by atoms with Gasteiger partial charge in [0.05, 0.1) is 13.2 Å². The van der Waals surface area contributed by atoms with Crippen molar-refractivity contribution in [3.05, 3.63) is 23.8 Å². The maximum Gasteiger partial charge on any atom is 0.254 e. The summed E-state index contributed by atoms with van der Waals surface area (Å²) >= 11 is 0. The Morgan fingerprint density at radius 1 is 0.920 bits per heavy atom. The minimum absolute atomic E-state index is 0.0102. The number of nitrogens with zero attached hydrogens (tertiary/aromatic N) is 2. The van der Waals surface area contributed by atoms with Gasteiger partial charge in [-0.25, -0.2) is 0 Å². The van der Waals surface area contributed by atoms with Crippen LogP contribution in [0.5, 0.6) is 11.5 Å². The predicted octanol–water partition coefficient (Wildman–Crippen LogP) is 2.18. The first-order chi connectivity index (χ1) is 12.1. The number of fused-ring (bicyclic) bond motifs is 1. The first-order valence-electron chi connectivity index (χ1n) is 9.04. The zero-order chi connectivity index (χ0) is 17.8. The van der Waals surface area contributed by atoms with Crippen molar-refractivity contribution in [1.82, 2.24) is 9.80 Å². The number of hydrogen-bond acceptors (Lipinski definition) is 4. The summed E-state index contributed by atoms with van der Waals surface area (Å²) in [5.41, 5.74) is 0.605. The number of carbonyl (C=O) groups is 2. The number of rotatable bonds is 2. The van der Waals surface area contributed by atoms with E-state index in [1.807, 2.05) is 23.6 Å². The number of amides is 2. The first kappa shape index (κ1) is 17.6. The highest BCUT2D eigenvalue weighted by molar-refractivity contribution is 5.95. The molecule has 2 heterocycles. The monoisotopic (exact) mass is 346 g/mol. The van der Waals surface area contributed by atoms with Gasteiger partial charge in [-0.1, -0.05) is 13.8 Å². The topological polar surface area (TPSA) is 59.1 Å². The van der Waals surface area contributed by atoms with Crippen molar-refractivity contribution in [1.29, 1.82) is 0 Å². The second-order valence-electron chi connectivity index (χ2n) is 6.84. The molecule has 2 aliphatic heterocycles. The summed E-state index contributed by atoms with van der Waals surface area (Å²) < 4.78 is 11.3. The van der Waals surface area contributed by atoms with Gasteiger partial charge in [-0.2, -0.15) is 0 Å². The number of ether oxygens (including phenoxy) is 2. The Kier molecular flexibility index (Phi) is 5.46. The normalized spacial score (nSPS) is 17.9. The molecular formula is C19H26N2O4. The van der Waals surface area contributed by atoms with E-state index >= 15 is 0 Å². The summed E-state index contributed by atoms with van der Waals surface area (Å²) in [5, 5.41) is 0. The summed E-state index contributed by atoms with van der Waals surface area (Å²) in [6.07, 6.45) is 1.64. The van der Waals surface area contributed by atoms with Gasteiger partial charge in [-0.3, -0.25) is 9.59 Å². The van der Waals surface area contributed by atoms with Gasteiger partial charge in [0.2, 0.25) is 5.91 Å². The van der Waals surface area contributed by atoms with Crippen LogP contribution in [0, 0.1) is 5.92 Å². The van der Waals surface area contributed by atoms with Crippen molar-refractivity contribution in [2.24, 2.45) is 5.92 Å². The first-order valence-corrected chi connectivity index (χ1v) is 9.04. The van der Waals surface area contributed by atoms with Gasteiger partial charge in [0.1, 0.15) is 0 Å². The number of benzene rings is 1. The van der Waals surface area contributed by atoms with Crippen LogP contribution in [-0.2, 0) is 4.79 Å². The van der Waals surface area contributed by atoms with Crippen molar-refractivity contribution in [3.63, 3.8) is 0 Å². The Morgan fingerprint density at radius 3 is 2.36 bits per heavy atom. The van der Waals surface area contributed by atoms with Crippen molar-refractivity contribution in [2.45, 2.75) is 26.7 Å². The lowest BCUT2D eigenvalue weighted by atomic mass is 10.1. The molecule has 1 fully saturated rings. The van der Waals surface area contributed by atoms with E-state index < -0.39 is 0 Å². The van der Waals surface area contributed by atoms with Crippen LogP contribution in [0.25, 0.3) is 0 Å². The second kappa shape index (κ2) is 7.76. The largest absolute Gasteiger partial charge is 0.490 e. The van der Waals surface area contributed by atoms with Crippen LogP contribution >= 0.6 is 0 Å². The van der Waals surface area contributed by atoms with Gasteiger partial charge < -0.3 is 19.3 Å². The van der Waals surface area contributed by atoms with Crippen LogP contribution in [0.2, 0.25) is 0 Å². The van der Waals surface area contributed by atoms with Gasteiger partial charge in [0.15, 0.2) is 11.5 Å². The highest BCUT2D eigenvalue weighted by atomic mass is 16.5. The molecule has 0 N–H and O–H groups in total. The molecule has 0 aromatic heterocycles. The molecule has 6 nitrogen and oxygen atoms in total. The van der Waals surface area contributed by atoms with Gasteiger partial charge in [-0.05, 0) is 24.6 Å². The lowest BCUT2D eigenvalue weighted by Gasteiger charge is -2.23. The highest BCUT2D eigenvalue weighted by Gasteiger charge is 2.24. The van der Waals surface area contributed by atoms with Gasteiger partial charge in [-0.15, -0.1) is 0 Å². The molecule has 25 heavy (non-hydrogen) atoms. The van der Waals surface area contributed by atoms with E-state index in [2.05, 4.69) is 0 Å². The quantitative estimate of drug-likeness (QED) is 0.824. The molecule has 2 aliphatic rings. The van der Waals surface area contributed by atoms with Crippen LogP contribution in [0.15, 0.2) is 18.2 Å². The lowest BCUT2D eigenvalue weighted by molar-refractivity contribution is -0.134. The summed E-state index contributed by atoms with van der Waals surface area (Å²) in [6.45, 7) is 7.57. The third-order valence-corrected chi connectivity index (χ3v) is 4.58. The fourth-order valence-electron chi connectivity index (χ4n) is 3.18. The zero-order valence-corrected chi connectivity index (χ0v) is 15.0. The smallest absolute Gasteiger partial charge is 0.254 e. The number of carbonyl (C=O) groups excluding carboxylic acids is 2. The molecule has 0 atom stereocenters. The molecule has 0 radical (unpaired) electrons. The Hall–Kier alpha value is -2.24. The number of hydrogen-bond donors (Lipinski definition) is 0. The van der Waals surface area contributed by atoms with E-state index in [-0.39, 0.29) is 17.7 Å². The molecule has 1 aromatic rings. The third kappa shape index (κ3) is 4.06. The average molecular weight is 346 g/mol. The molecular weight excluding hydrogens is 320 g/mol. The summed E-state index contributed by atoms with van der Waals surface area (Å²) in [5.74, 6) is 1.46. The van der Waals surface area contributed by atoms with Gasteiger partial charge in [0.25, 0.3) is 5.91 Å². The van der Waals surface area contributed by atoms with E-state index in [0.717, 1.165) is 12.8 Å². The molecule has 0 unspecified atom stereocenters. The van der Waals surface area contributed by atoms with E-state index in [9.17, 15) is 9.59 Å². The fourth-order valence-corrected chi connectivity index (χ4v) is 3.18. The summed E-state index contributed by atoms with van der Waals surface area (Å²) in [6, 6.07) is 5.36. The molecule has 0 spiro atoms. The van der Waals surface area contributed by atoms with Crippen LogP contribution in [0.1, 0.15) is 37.0 Å². The maximum atomic E-state index is 12.9. The van der Waals surface area contributed by atoms with E-state index in [1.54, 1.807) is 18.2 Å². The SMILES string of the molecule is CC(C)C(=O)N1CCCN(C(=O)c2ccc3c(c2)OCCCO3)CC1. The summed E-state index contributed by atoms with van der Waals surface area (Å²) in [7, 11) is 0.